The summed E-state index contributed by atoms with van der Waals surface area (Å²) in [7, 11) is 0. The number of nitrogens with zero attached hydrogens (tertiary/aromatic N) is 1. The minimum Gasteiger partial charge on any atom is -0.449 e. The van der Waals surface area contributed by atoms with E-state index in [-0.39, 0.29) is 18.0 Å². The van der Waals surface area contributed by atoms with Crippen molar-refractivity contribution in [1.29, 1.82) is 0 Å². The van der Waals surface area contributed by atoms with Crippen molar-refractivity contribution < 1.29 is 23.9 Å². The largest absolute Gasteiger partial charge is 0.449 e. The fourth-order valence-electron chi connectivity index (χ4n) is 3.02. The number of anilines is 1. The lowest BCUT2D eigenvalue weighted by Crippen LogP contribution is -2.44. The average molecular weight is 409 g/mol. The SMILES string of the molecule is C[C@H](OC(=O)c1ccc(N2CCCC2=O)cc1)C(=O)NC(=O)NCc1ccccc1. The highest BCUT2D eigenvalue weighted by atomic mass is 16.5. The predicted molar refractivity (Wildman–Crippen MR) is 110 cm³/mol. The molecule has 156 valence electrons. The third-order valence-corrected chi connectivity index (χ3v) is 4.67. The smallest absolute Gasteiger partial charge is 0.338 e. The first-order valence-electron chi connectivity index (χ1n) is 9.68. The van der Waals surface area contributed by atoms with Crippen molar-refractivity contribution >= 4 is 29.5 Å². The summed E-state index contributed by atoms with van der Waals surface area (Å²) >= 11 is 0. The maximum absolute atomic E-state index is 12.3. The van der Waals surface area contributed by atoms with E-state index in [0.29, 0.717) is 13.0 Å². The normalized spacial score (nSPS) is 14.2. The molecule has 1 aliphatic rings. The van der Waals surface area contributed by atoms with Crippen molar-refractivity contribution in [3.63, 3.8) is 0 Å². The fraction of sp³-hybridized carbons (Fsp3) is 0.273. The van der Waals surface area contributed by atoms with E-state index in [0.717, 1.165) is 17.7 Å². The Morgan fingerprint density at radius 2 is 1.77 bits per heavy atom. The summed E-state index contributed by atoms with van der Waals surface area (Å²) in [4.78, 5) is 49.7. The molecule has 0 radical (unpaired) electrons. The Morgan fingerprint density at radius 1 is 1.07 bits per heavy atom. The van der Waals surface area contributed by atoms with Crippen LogP contribution >= 0.6 is 0 Å². The van der Waals surface area contributed by atoms with Gasteiger partial charge in [0.25, 0.3) is 5.91 Å². The van der Waals surface area contributed by atoms with E-state index in [1.807, 2.05) is 30.3 Å². The van der Waals surface area contributed by atoms with Crippen LogP contribution in [0.2, 0.25) is 0 Å². The van der Waals surface area contributed by atoms with E-state index < -0.39 is 24.0 Å². The minimum absolute atomic E-state index is 0.0566. The highest BCUT2D eigenvalue weighted by Crippen LogP contribution is 2.21. The Balaban J connectivity index is 1.47. The van der Waals surface area contributed by atoms with Gasteiger partial charge in [0.15, 0.2) is 6.10 Å². The summed E-state index contributed by atoms with van der Waals surface area (Å²) in [6, 6.07) is 15.0. The van der Waals surface area contributed by atoms with Crippen LogP contribution in [0.3, 0.4) is 0 Å². The summed E-state index contributed by atoms with van der Waals surface area (Å²) < 4.78 is 5.14. The van der Waals surface area contributed by atoms with Crippen LogP contribution in [0.1, 0.15) is 35.7 Å². The number of hydrogen-bond donors (Lipinski definition) is 2. The number of ether oxygens (including phenoxy) is 1. The van der Waals surface area contributed by atoms with Crippen molar-refractivity contribution in [3.8, 4) is 0 Å². The van der Waals surface area contributed by atoms with Crippen LogP contribution in [-0.2, 0) is 20.9 Å². The van der Waals surface area contributed by atoms with Crippen molar-refractivity contribution in [3.05, 3.63) is 65.7 Å². The van der Waals surface area contributed by atoms with Crippen LogP contribution in [-0.4, -0.2) is 36.5 Å². The number of imide groups is 1. The number of carbonyl (C=O) groups is 4. The van der Waals surface area contributed by atoms with Gasteiger partial charge in [0, 0.05) is 25.2 Å². The summed E-state index contributed by atoms with van der Waals surface area (Å²) in [5.41, 5.74) is 1.85. The van der Waals surface area contributed by atoms with Crippen LogP contribution < -0.4 is 15.5 Å². The summed E-state index contributed by atoms with van der Waals surface area (Å²) in [5, 5.41) is 4.71. The zero-order chi connectivity index (χ0) is 21.5. The topological polar surface area (TPSA) is 105 Å². The standard InChI is InChI=1S/C22H23N3O5/c1-15(20(27)24-22(29)23-14-16-6-3-2-4-7-16)30-21(28)17-9-11-18(12-10-17)25-13-5-8-19(25)26/h2-4,6-7,9-12,15H,5,8,13-14H2,1H3,(H2,23,24,27,29)/t15-/m0/s1. The number of hydrogen-bond acceptors (Lipinski definition) is 5. The molecule has 0 unspecified atom stereocenters. The second-order valence-corrected chi connectivity index (χ2v) is 6.90. The Kier molecular flexibility index (Phi) is 6.79. The summed E-state index contributed by atoms with van der Waals surface area (Å²) in [6.45, 7) is 2.31. The molecule has 1 saturated heterocycles. The van der Waals surface area contributed by atoms with Crippen LogP contribution in [0, 0.1) is 0 Å². The van der Waals surface area contributed by atoms with Gasteiger partial charge >= 0.3 is 12.0 Å². The first kappa shape index (κ1) is 21.0. The van der Waals surface area contributed by atoms with E-state index >= 15 is 0 Å². The molecule has 8 heteroatoms. The highest BCUT2D eigenvalue weighted by Gasteiger charge is 2.23. The maximum atomic E-state index is 12.3. The van der Waals surface area contributed by atoms with Crippen molar-refractivity contribution in [2.75, 3.05) is 11.4 Å². The first-order valence-corrected chi connectivity index (χ1v) is 9.68. The molecule has 0 spiro atoms. The molecule has 3 rings (SSSR count). The van der Waals surface area contributed by atoms with Crippen LogP contribution in [0.4, 0.5) is 10.5 Å². The third kappa shape index (κ3) is 5.44. The molecule has 0 aliphatic carbocycles. The number of nitrogens with one attached hydrogen (secondary N) is 2. The monoisotopic (exact) mass is 409 g/mol. The number of amides is 4. The van der Waals surface area contributed by atoms with E-state index in [1.165, 1.54) is 6.92 Å². The lowest BCUT2D eigenvalue weighted by Gasteiger charge is -2.16. The van der Waals surface area contributed by atoms with Crippen molar-refractivity contribution in [2.24, 2.45) is 0 Å². The van der Waals surface area contributed by atoms with E-state index in [1.54, 1.807) is 29.2 Å². The Hall–Kier alpha value is -3.68. The van der Waals surface area contributed by atoms with Crippen LogP contribution in [0.5, 0.6) is 0 Å². The van der Waals surface area contributed by atoms with Gasteiger partial charge in [-0.15, -0.1) is 0 Å². The third-order valence-electron chi connectivity index (χ3n) is 4.67. The Morgan fingerprint density at radius 3 is 2.40 bits per heavy atom. The second-order valence-electron chi connectivity index (χ2n) is 6.90. The lowest BCUT2D eigenvalue weighted by atomic mass is 10.2. The van der Waals surface area contributed by atoms with Gasteiger partial charge in [0.2, 0.25) is 5.91 Å². The number of esters is 1. The van der Waals surface area contributed by atoms with E-state index in [2.05, 4.69) is 10.6 Å². The minimum atomic E-state index is -1.15. The molecule has 0 aromatic heterocycles. The molecule has 0 bridgehead atoms. The summed E-state index contributed by atoms with van der Waals surface area (Å²) in [6.07, 6.45) is 0.184. The van der Waals surface area contributed by atoms with Gasteiger partial charge in [-0.1, -0.05) is 30.3 Å². The number of benzene rings is 2. The van der Waals surface area contributed by atoms with Crippen LogP contribution in [0.15, 0.2) is 54.6 Å². The zero-order valence-corrected chi connectivity index (χ0v) is 16.6. The average Bonchev–Trinajstić information content (AvgIpc) is 3.19. The predicted octanol–water partition coefficient (Wildman–Crippen LogP) is 2.38. The Bertz CT molecular complexity index is 928. The molecule has 1 heterocycles. The first-order chi connectivity index (χ1) is 14.4. The quantitative estimate of drug-likeness (QED) is 0.713. The molecule has 1 aliphatic heterocycles. The van der Waals surface area contributed by atoms with E-state index in [4.69, 9.17) is 4.74 Å². The number of rotatable bonds is 6. The molecule has 0 saturated carbocycles. The molecule has 30 heavy (non-hydrogen) atoms. The number of carbonyl (C=O) groups excluding carboxylic acids is 4. The van der Waals surface area contributed by atoms with Gasteiger partial charge in [0.1, 0.15) is 0 Å². The molecule has 4 amide bonds. The van der Waals surface area contributed by atoms with Crippen molar-refractivity contribution in [2.45, 2.75) is 32.4 Å². The molecule has 8 nitrogen and oxygen atoms in total. The van der Waals surface area contributed by atoms with Gasteiger partial charge in [-0.25, -0.2) is 9.59 Å². The van der Waals surface area contributed by atoms with Crippen LogP contribution in [0.25, 0.3) is 0 Å². The lowest BCUT2D eigenvalue weighted by molar-refractivity contribution is -0.128. The van der Waals surface area contributed by atoms with Crippen molar-refractivity contribution in [1.82, 2.24) is 10.6 Å². The molecule has 1 fully saturated rings. The van der Waals surface area contributed by atoms with E-state index in [9.17, 15) is 19.2 Å². The molecule has 2 aromatic rings. The second kappa shape index (κ2) is 9.69. The molecular weight excluding hydrogens is 386 g/mol. The summed E-state index contributed by atoms with van der Waals surface area (Å²) in [5.74, 6) is -1.36. The zero-order valence-electron chi connectivity index (χ0n) is 16.6. The molecule has 2 aromatic carbocycles. The van der Waals surface area contributed by atoms with Gasteiger partial charge in [-0.05, 0) is 43.2 Å². The highest BCUT2D eigenvalue weighted by molar-refractivity contribution is 5.99. The maximum Gasteiger partial charge on any atom is 0.338 e. The van der Waals surface area contributed by atoms with Gasteiger partial charge in [0.05, 0.1) is 5.56 Å². The molecule has 2 N–H and O–H groups in total. The number of urea groups is 1. The molecular formula is C22H23N3O5. The van der Waals surface area contributed by atoms with Gasteiger partial charge < -0.3 is 15.0 Å². The molecule has 1 atom stereocenters. The Labute approximate surface area is 174 Å². The van der Waals surface area contributed by atoms with Gasteiger partial charge in [-0.3, -0.25) is 14.9 Å². The fourth-order valence-corrected chi connectivity index (χ4v) is 3.02. The van der Waals surface area contributed by atoms with Gasteiger partial charge in [-0.2, -0.15) is 0 Å².